The van der Waals surface area contributed by atoms with E-state index in [9.17, 15) is 9.59 Å². The summed E-state index contributed by atoms with van der Waals surface area (Å²) in [6, 6.07) is 5.56. The molecule has 0 saturated carbocycles. The molecule has 2 amide bonds. The van der Waals surface area contributed by atoms with Crippen LogP contribution in [0.4, 0.5) is 11.4 Å². The summed E-state index contributed by atoms with van der Waals surface area (Å²) in [5.74, 6) is -0.169. The van der Waals surface area contributed by atoms with Crippen molar-refractivity contribution in [2.75, 3.05) is 43.6 Å². The second-order valence-electron chi connectivity index (χ2n) is 5.97. The number of nitrogens with zero attached hydrogens (tertiary/aromatic N) is 1. The molecular formula is C18H27N3O3. The Hall–Kier alpha value is -2.08. The Labute approximate surface area is 143 Å². The number of methoxy groups -OCH3 is 1. The minimum Gasteiger partial charge on any atom is -0.383 e. The monoisotopic (exact) mass is 333 g/mol. The Kier molecular flexibility index (Phi) is 7.06. The summed E-state index contributed by atoms with van der Waals surface area (Å²) in [4.78, 5) is 26.6. The first kappa shape index (κ1) is 18.3. The van der Waals surface area contributed by atoms with E-state index in [4.69, 9.17) is 4.74 Å². The van der Waals surface area contributed by atoms with Gasteiger partial charge in [-0.3, -0.25) is 9.59 Å². The van der Waals surface area contributed by atoms with E-state index in [-0.39, 0.29) is 11.8 Å². The zero-order chi connectivity index (χ0) is 17.4. The van der Waals surface area contributed by atoms with E-state index in [0.29, 0.717) is 30.8 Å². The summed E-state index contributed by atoms with van der Waals surface area (Å²) in [5.41, 5.74) is 2.19. The molecule has 0 atom stereocenters. The number of ether oxygens (including phenoxy) is 1. The van der Waals surface area contributed by atoms with Crippen LogP contribution in [0.25, 0.3) is 0 Å². The molecule has 1 aliphatic rings. The number of hydrogen-bond donors (Lipinski definition) is 2. The van der Waals surface area contributed by atoms with Gasteiger partial charge in [-0.15, -0.1) is 0 Å². The van der Waals surface area contributed by atoms with Crippen LogP contribution in [-0.4, -0.2) is 45.2 Å². The van der Waals surface area contributed by atoms with Crippen LogP contribution in [0, 0.1) is 0 Å². The molecule has 0 spiro atoms. The molecule has 1 aromatic rings. The van der Waals surface area contributed by atoms with Gasteiger partial charge in [-0.05, 0) is 37.5 Å². The lowest BCUT2D eigenvalue weighted by atomic mass is 10.1. The minimum atomic E-state index is -0.138. The van der Waals surface area contributed by atoms with E-state index < -0.39 is 0 Å². The highest BCUT2D eigenvalue weighted by atomic mass is 16.5. The summed E-state index contributed by atoms with van der Waals surface area (Å²) in [6.07, 6.45) is 3.55. The third kappa shape index (κ3) is 4.96. The van der Waals surface area contributed by atoms with Crippen LogP contribution in [0.1, 0.15) is 43.0 Å². The lowest BCUT2D eigenvalue weighted by molar-refractivity contribution is -0.116. The highest BCUT2D eigenvalue weighted by Crippen LogP contribution is 2.27. The molecule has 1 fully saturated rings. The second kappa shape index (κ2) is 9.27. The number of carbonyl (C=O) groups is 2. The van der Waals surface area contributed by atoms with Gasteiger partial charge in [0, 0.05) is 44.5 Å². The summed E-state index contributed by atoms with van der Waals surface area (Å²) >= 11 is 0. The van der Waals surface area contributed by atoms with Crippen molar-refractivity contribution in [2.45, 2.75) is 32.6 Å². The van der Waals surface area contributed by atoms with Crippen molar-refractivity contribution in [1.29, 1.82) is 0 Å². The SMILES string of the molecule is CCCC(=O)Nc1ccc(N2CCCC2)c(C(=O)NCCOC)c1. The fourth-order valence-electron chi connectivity index (χ4n) is 2.84. The van der Waals surface area contributed by atoms with Crippen molar-refractivity contribution >= 4 is 23.2 Å². The lowest BCUT2D eigenvalue weighted by Gasteiger charge is -2.22. The summed E-state index contributed by atoms with van der Waals surface area (Å²) in [7, 11) is 1.60. The molecule has 0 unspecified atom stereocenters. The molecule has 132 valence electrons. The highest BCUT2D eigenvalue weighted by molar-refractivity contribution is 6.02. The maximum atomic E-state index is 12.6. The average molecular weight is 333 g/mol. The number of anilines is 2. The Balaban J connectivity index is 2.20. The Morgan fingerprint density at radius 2 is 2.00 bits per heavy atom. The Bertz CT molecular complexity index is 569. The van der Waals surface area contributed by atoms with Crippen LogP contribution in [-0.2, 0) is 9.53 Å². The lowest BCUT2D eigenvalue weighted by Crippen LogP contribution is -2.30. The molecule has 0 aliphatic carbocycles. The molecule has 1 saturated heterocycles. The molecule has 0 bridgehead atoms. The molecular weight excluding hydrogens is 306 g/mol. The molecule has 0 radical (unpaired) electrons. The summed E-state index contributed by atoms with van der Waals surface area (Å²) in [6.45, 7) is 4.81. The molecule has 1 aliphatic heterocycles. The normalized spacial score (nSPS) is 13.8. The van der Waals surface area contributed by atoms with Crippen molar-refractivity contribution < 1.29 is 14.3 Å². The van der Waals surface area contributed by atoms with E-state index in [1.54, 1.807) is 13.2 Å². The van der Waals surface area contributed by atoms with E-state index in [1.807, 2.05) is 19.1 Å². The van der Waals surface area contributed by atoms with E-state index in [2.05, 4.69) is 15.5 Å². The predicted molar refractivity (Wildman–Crippen MR) is 95.6 cm³/mol. The molecule has 6 heteroatoms. The summed E-state index contributed by atoms with van der Waals surface area (Å²) in [5, 5.41) is 5.73. The van der Waals surface area contributed by atoms with E-state index >= 15 is 0 Å². The van der Waals surface area contributed by atoms with Gasteiger partial charge in [0.2, 0.25) is 5.91 Å². The van der Waals surface area contributed by atoms with Crippen LogP contribution in [0.2, 0.25) is 0 Å². The average Bonchev–Trinajstić information content (AvgIpc) is 3.09. The van der Waals surface area contributed by atoms with Gasteiger partial charge in [-0.2, -0.15) is 0 Å². The molecule has 1 aromatic carbocycles. The number of hydrogen-bond acceptors (Lipinski definition) is 4. The van der Waals surface area contributed by atoms with Crippen LogP contribution in [0.5, 0.6) is 0 Å². The maximum absolute atomic E-state index is 12.6. The molecule has 6 nitrogen and oxygen atoms in total. The molecule has 24 heavy (non-hydrogen) atoms. The molecule has 0 aromatic heterocycles. The van der Waals surface area contributed by atoms with Crippen LogP contribution in [0.3, 0.4) is 0 Å². The third-order valence-electron chi connectivity index (χ3n) is 4.04. The van der Waals surface area contributed by atoms with Crippen molar-refractivity contribution in [3.05, 3.63) is 23.8 Å². The van der Waals surface area contributed by atoms with Gasteiger partial charge in [-0.1, -0.05) is 6.92 Å². The van der Waals surface area contributed by atoms with Gasteiger partial charge in [-0.25, -0.2) is 0 Å². The van der Waals surface area contributed by atoms with Crippen molar-refractivity contribution in [2.24, 2.45) is 0 Å². The van der Waals surface area contributed by atoms with Gasteiger partial charge in [0.25, 0.3) is 5.91 Å². The predicted octanol–water partition coefficient (Wildman–Crippen LogP) is 2.40. The zero-order valence-corrected chi connectivity index (χ0v) is 14.6. The first-order valence-electron chi connectivity index (χ1n) is 8.61. The highest BCUT2D eigenvalue weighted by Gasteiger charge is 2.20. The van der Waals surface area contributed by atoms with Gasteiger partial charge < -0.3 is 20.3 Å². The smallest absolute Gasteiger partial charge is 0.253 e. The standard InChI is InChI=1S/C18H27N3O3/c1-3-6-17(22)20-14-7-8-16(21-10-4-5-11-21)15(13-14)18(23)19-9-12-24-2/h7-8,13H,3-6,9-12H2,1-2H3,(H,19,23)(H,20,22). The number of nitrogens with one attached hydrogen (secondary N) is 2. The van der Waals surface area contributed by atoms with Crippen molar-refractivity contribution in [1.82, 2.24) is 5.32 Å². The Morgan fingerprint density at radius 1 is 1.25 bits per heavy atom. The van der Waals surface area contributed by atoms with Crippen molar-refractivity contribution in [3.63, 3.8) is 0 Å². The van der Waals surface area contributed by atoms with Crippen LogP contribution in [0.15, 0.2) is 18.2 Å². The fourth-order valence-corrected chi connectivity index (χ4v) is 2.84. The first-order valence-corrected chi connectivity index (χ1v) is 8.61. The molecule has 2 N–H and O–H groups in total. The quantitative estimate of drug-likeness (QED) is 0.717. The number of carbonyl (C=O) groups excluding carboxylic acids is 2. The Morgan fingerprint density at radius 3 is 2.67 bits per heavy atom. The number of rotatable bonds is 8. The van der Waals surface area contributed by atoms with Crippen molar-refractivity contribution in [3.8, 4) is 0 Å². The first-order chi connectivity index (χ1) is 11.7. The zero-order valence-electron chi connectivity index (χ0n) is 14.6. The van der Waals surface area contributed by atoms with Crippen LogP contribution < -0.4 is 15.5 Å². The summed E-state index contributed by atoms with van der Waals surface area (Å²) < 4.78 is 4.98. The molecule has 2 rings (SSSR count). The number of amides is 2. The van der Waals surface area contributed by atoms with E-state index in [1.165, 1.54) is 0 Å². The largest absolute Gasteiger partial charge is 0.383 e. The van der Waals surface area contributed by atoms with Gasteiger partial charge >= 0.3 is 0 Å². The van der Waals surface area contributed by atoms with Gasteiger partial charge in [0.1, 0.15) is 0 Å². The maximum Gasteiger partial charge on any atom is 0.253 e. The minimum absolute atomic E-state index is 0.0304. The van der Waals surface area contributed by atoms with E-state index in [0.717, 1.165) is 38.0 Å². The number of benzene rings is 1. The second-order valence-corrected chi connectivity index (χ2v) is 5.97. The third-order valence-corrected chi connectivity index (χ3v) is 4.04. The molecule has 1 heterocycles. The van der Waals surface area contributed by atoms with Gasteiger partial charge in [0.15, 0.2) is 0 Å². The van der Waals surface area contributed by atoms with Crippen LogP contribution >= 0.6 is 0 Å². The van der Waals surface area contributed by atoms with Gasteiger partial charge in [0.05, 0.1) is 12.2 Å². The topological polar surface area (TPSA) is 70.7 Å². The fraction of sp³-hybridized carbons (Fsp3) is 0.556.